The van der Waals surface area contributed by atoms with Gasteiger partial charge in [-0.2, -0.15) is 0 Å². The van der Waals surface area contributed by atoms with Gasteiger partial charge in [0, 0.05) is 18.8 Å². The van der Waals surface area contributed by atoms with Crippen LogP contribution in [0.3, 0.4) is 0 Å². The normalized spacial score (nSPS) is 11.5. The SMILES string of the molecule is NC(=O)N(S)c1ccc2c(c1)Cc1cc(N(Cc3ccccc3)Cc3ccccc3)ccc1-2. The number of fused-ring (bicyclic) bond motifs is 3. The Kier molecular flexibility index (Phi) is 5.80. The van der Waals surface area contributed by atoms with Crippen molar-refractivity contribution in [2.45, 2.75) is 19.5 Å². The molecular weight excluding hydrogens is 426 g/mol. The van der Waals surface area contributed by atoms with E-state index >= 15 is 0 Å². The van der Waals surface area contributed by atoms with E-state index in [0.29, 0.717) is 5.69 Å². The highest BCUT2D eigenvalue weighted by molar-refractivity contribution is 7.82. The Hall–Kier alpha value is -3.70. The summed E-state index contributed by atoms with van der Waals surface area (Å²) in [7, 11) is 0. The number of carbonyl (C=O) groups is 1. The largest absolute Gasteiger partial charge is 0.363 e. The number of hydrogen-bond acceptors (Lipinski definition) is 3. The number of anilines is 2. The Labute approximate surface area is 199 Å². The third kappa shape index (κ3) is 4.45. The first-order valence-electron chi connectivity index (χ1n) is 11.0. The number of urea groups is 1. The molecule has 0 heterocycles. The van der Waals surface area contributed by atoms with Crippen molar-refractivity contribution in [1.29, 1.82) is 0 Å². The molecule has 0 bridgehead atoms. The monoisotopic (exact) mass is 451 g/mol. The zero-order valence-electron chi connectivity index (χ0n) is 18.2. The number of thiol groups is 1. The maximum absolute atomic E-state index is 11.5. The van der Waals surface area contributed by atoms with Crippen molar-refractivity contribution < 1.29 is 4.79 Å². The summed E-state index contributed by atoms with van der Waals surface area (Å²) in [4.78, 5) is 13.9. The lowest BCUT2D eigenvalue weighted by atomic mass is 10.0. The highest BCUT2D eigenvalue weighted by Gasteiger charge is 2.22. The van der Waals surface area contributed by atoms with Crippen molar-refractivity contribution in [3.8, 4) is 11.1 Å². The van der Waals surface area contributed by atoms with Crippen molar-refractivity contribution in [2.24, 2.45) is 5.73 Å². The summed E-state index contributed by atoms with van der Waals surface area (Å²) in [6, 6.07) is 33.2. The summed E-state index contributed by atoms with van der Waals surface area (Å²) in [5.74, 6) is 0. The Bertz CT molecular complexity index is 1250. The van der Waals surface area contributed by atoms with Crippen LogP contribution in [0, 0.1) is 0 Å². The second-order valence-electron chi connectivity index (χ2n) is 8.34. The topological polar surface area (TPSA) is 49.6 Å². The highest BCUT2D eigenvalue weighted by Crippen LogP contribution is 2.40. The van der Waals surface area contributed by atoms with Crippen LogP contribution in [-0.4, -0.2) is 6.03 Å². The molecule has 5 rings (SSSR count). The smallest absolute Gasteiger partial charge is 0.329 e. The van der Waals surface area contributed by atoms with E-state index in [4.69, 9.17) is 5.73 Å². The summed E-state index contributed by atoms with van der Waals surface area (Å²) < 4.78 is 1.18. The van der Waals surface area contributed by atoms with Crippen molar-refractivity contribution in [2.75, 3.05) is 9.21 Å². The first-order valence-corrected chi connectivity index (χ1v) is 11.4. The summed E-state index contributed by atoms with van der Waals surface area (Å²) in [5.41, 5.74) is 14.7. The second kappa shape index (κ2) is 9.04. The molecule has 1 aliphatic rings. The van der Waals surface area contributed by atoms with E-state index in [2.05, 4.69) is 96.6 Å². The van der Waals surface area contributed by atoms with Gasteiger partial charge < -0.3 is 10.6 Å². The zero-order valence-corrected chi connectivity index (χ0v) is 19.1. The van der Waals surface area contributed by atoms with Crippen LogP contribution in [0.5, 0.6) is 0 Å². The number of amides is 2. The molecule has 0 atom stereocenters. The van der Waals surface area contributed by atoms with E-state index in [9.17, 15) is 4.79 Å². The molecule has 33 heavy (non-hydrogen) atoms. The Balaban J connectivity index is 1.46. The maximum Gasteiger partial charge on any atom is 0.329 e. The molecule has 0 aromatic heterocycles. The standard InChI is InChI=1S/C28H25N3OS/c29-28(32)31(33)25-12-14-27-23(17-25)15-22-16-24(11-13-26(22)27)30(18-20-7-3-1-4-8-20)19-21-9-5-2-6-10-21/h1-14,16-17,33H,15,18-19H2,(H2,29,32). The van der Waals surface area contributed by atoms with Crippen LogP contribution in [0.2, 0.25) is 0 Å². The van der Waals surface area contributed by atoms with Crippen LogP contribution < -0.4 is 14.9 Å². The first kappa shape index (κ1) is 21.2. The predicted octanol–water partition coefficient (Wildman–Crippen LogP) is 6.19. The van der Waals surface area contributed by atoms with Gasteiger partial charge in [-0.1, -0.05) is 85.6 Å². The number of nitrogens with two attached hydrogens (primary N) is 1. The average Bonchev–Trinajstić information content (AvgIpc) is 3.21. The number of hydrogen-bond donors (Lipinski definition) is 2. The van der Waals surface area contributed by atoms with Gasteiger partial charge in [-0.3, -0.25) is 0 Å². The minimum Gasteiger partial charge on any atom is -0.363 e. The number of nitrogens with zero attached hydrogens (tertiary/aromatic N) is 2. The molecule has 0 spiro atoms. The van der Waals surface area contributed by atoms with Crippen molar-refractivity contribution in [3.05, 3.63) is 119 Å². The molecule has 0 aliphatic heterocycles. The van der Waals surface area contributed by atoms with Crippen LogP contribution in [0.15, 0.2) is 97.1 Å². The fourth-order valence-corrected chi connectivity index (χ4v) is 4.61. The number of rotatable bonds is 6. The summed E-state index contributed by atoms with van der Waals surface area (Å²) in [5, 5.41) is 0. The van der Waals surface area contributed by atoms with Crippen LogP contribution >= 0.6 is 12.8 Å². The molecule has 2 N–H and O–H groups in total. The molecule has 164 valence electrons. The van der Waals surface area contributed by atoms with E-state index in [1.165, 1.54) is 43.4 Å². The van der Waals surface area contributed by atoms with E-state index in [-0.39, 0.29) is 0 Å². The van der Waals surface area contributed by atoms with Crippen molar-refractivity contribution in [1.82, 2.24) is 0 Å². The van der Waals surface area contributed by atoms with E-state index < -0.39 is 6.03 Å². The maximum atomic E-state index is 11.5. The second-order valence-corrected chi connectivity index (χ2v) is 8.74. The molecule has 4 aromatic rings. The third-order valence-electron chi connectivity index (χ3n) is 6.10. The molecule has 0 saturated carbocycles. The Morgan fingerprint density at radius 2 is 1.21 bits per heavy atom. The van der Waals surface area contributed by atoms with Gasteiger partial charge in [0.2, 0.25) is 0 Å². The van der Waals surface area contributed by atoms with Gasteiger partial charge in [0.05, 0.1) is 5.69 Å². The van der Waals surface area contributed by atoms with Crippen LogP contribution in [0.25, 0.3) is 11.1 Å². The molecule has 0 unspecified atom stereocenters. The van der Waals surface area contributed by atoms with Gasteiger partial charge in [-0.15, -0.1) is 0 Å². The molecule has 4 aromatic carbocycles. The van der Waals surface area contributed by atoms with Gasteiger partial charge in [-0.05, 0) is 64.1 Å². The van der Waals surface area contributed by atoms with E-state index in [1.807, 2.05) is 18.2 Å². The molecule has 0 fully saturated rings. The quantitative estimate of drug-likeness (QED) is 0.302. The first-order chi connectivity index (χ1) is 16.1. The van der Waals surface area contributed by atoms with Gasteiger partial charge in [0.1, 0.15) is 0 Å². The van der Waals surface area contributed by atoms with E-state index in [0.717, 1.165) is 19.5 Å². The van der Waals surface area contributed by atoms with Crippen LogP contribution in [0.1, 0.15) is 22.3 Å². The predicted molar refractivity (Wildman–Crippen MR) is 139 cm³/mol. The van der Waals surface area contributed by atoms with Crippen LogP contribution in [-0.2, 0) is 19.5 Å². The molecule has 0 saturated heterocycles. The average molecular weight is 452 g/mol. The molecule has 0 radical (unpaired) electrons. The highest BCUT2D eigenvalue weighted by atomic mass is 32.1. The molecule has 2 amide bonds. The van der Waals surface area contributed by atoms with E-state index in [1.54, 1.807) is 0 Å². The lowest BCUT2D eigenvalue weighted by molar-refractivity contribution is 0.257. The van der Waals surface area contributed by atoms with Crippen molar-refractivity contribution >= 4 is 30.2 Å². The van der Waals surface area contributed by atoms with Gasteiger partial charge in [-0.25, -0.2) is 9.10 Å². The molecule has 1 aliphatic carbocycles. The number of primary amides is 1. The third-order valence-corrected chi connectivity index (χ3v) is 6.53. The van der Waals surface area contributed by atoms with Gasteiger partial charge in [0.15, 0.2) is 0 Å². The minimum absolute atomic E-state index is 0.589. The zero-order chi connectivity index (χ0) is 22.8. The summed E-state index contributed by atoms with van der Waals surface area (Å²) >= 11 is 4.21. The van der Waals surface area contributed by atoms with Crippen molar-refractivity contribution in [3.63, 3.8) is 0 Å². The summed E-state index contributed by atoms with van der Waals surface area (Å²) in [6.07, 6.45) is 0.817. The fraction of sp³-hybridized carbons (Fsp3) is 0.107. The van der Waals surface area contributed by atoms with Gasteiger partial charge >= 0.3 is 6.03 Å². The fourth-order valence-electron chi connectivity index (χ4n) is 4.49. The summed E-state index contributed by atoms with van der Waals surface area (Å²) in [6.45, 7) is 1.66. The number of benzene rings is 4. The molecule has 4 nitrogen and oxygen atoms in total. The molecule has 5 heteroatoms. The van der Waals surface area contributed by atoms with Gasteiger partial charge in [0.25, 0.3) is 0 Å². The minimum atomic E-state index is -0.589. The van der Waals surface area contributed by atoms with Crippen LogP contribution in [0.4, 0.5) is 16.2 Å². The Morgan fingerprint density at radius 1 is 0.727 bits per heavy atom. The Morgan fingerprint density at radius 3 is 1.73 bits per heavy atom. The number of carbonyl (C=O) groups excluding carboxylic acids is 1. The molecular formula is C28H25N3OS. The lowest BCUT2D eigenvalue weighted by Gasteiger charge is -2.26. The lowest BCUT2D eigenvalue weighted by Crippen LogP contribution is -2.27.